The van der Waals surface area contributed by atoms with E-state index in [1.165, 1.54) is 4.90 Å². The lowest BCUT2D eigenvalue weighted by atomic mass is 10.1. The van der Waals surface area contributed by atoms with Gasteiger partial charge in [-0.2, -0.15) is 0 Å². The van der Waals surface area contributed by atoms with Gasteiger partial charge in [-0.15, -0.1) is 0 Å². The molecule has 1 aromatic carbocycles. The van der Waals surface area contributed by atoms with Crippen molar-refractivity contribution in [2.75, 3.05) is 13.2 Å². The first-order chi connectivity index (χ1) is 10.6. The minimum atomic E-state index is -0.384. The van der Waals surface area contributed by atoms with Gasteiger partial charge >= 0.3 is 5.97 Å². The molecular weight excluding hydrogens is 280 g/mol. The maximum Gasteiger partial charge on any atom is 0.325 e. The van der Waals surface area contributed by atoms with E-state index in [4.69, 9.17) is 4.74 Å². The summed E-state index contributed by atoms with van der Waals surface area (Å²) in [5, 5.41) is 0. The van der Waals surface area contributed by atoms with E-state index >= 15 is 0 Å². The third kappa shape index (κ3) is 2.39. The molecule has 2 aromatic rings. The molecule has 2 heterocycles. The van der Waals surface area contributed by atoms with Gasteiger partial charge in [-0.3, -0.25) is 9.59 Å². The summed E-state index contributed by atoms with van der Waals surface area (Å²) < 4.78 is 7.04. The number of para-hydroxylation sites is 1. The van der Waals surface area contributed by atoms with Crippen molar-refractivity contribution >= 4 is 11.9 Å². The molecule has 114 valence electrons. The Balaban J connectivity index is 2.05. The van der Waals surface area contributed by atoms with Gasteiger partial charge in [-0.05, 0) is 38.1 Å². The number of nitrogens with zero attached hydrogens (tertiary/aromatic N) is 2. The Bertz CT molecular complexity index is 733. The van der Waals surface area contributed by atoms with Crippen LogP contribution in [0.15, 0.2) is 36.4 Å². The monoisotopic (exact) mass is 298 g/mol. The molecule has 0 spiro atoms. The number of ether oxygens (including phenoxy) is 1. The molecule has 22 heavy (non-hydrogen) atoms. The molecule has 0 unspecified atom stereocenters. The Kier molecular flexibility index (Phi) is 3.71. The molecule has 1 amide bonds. The van der Waals surface area contributed by atoms with Crippen molar-refractivity contribution in [2.24, 2.45) is 0 Å². The fourth-order valence-corrected chi connectivity index (χ4v) is 2.84. The highest BCUT2D eigenvalue weighted by Gasteiger charge is 2.27. The Labute approximate surface area is 129 Å². The van der Waals surface area contributed by atoms with Crippen molar-refractivity contribution in [1.82, 2.24) is 9.47 Å². The van der Waals surface area contributed by atoms with Crippen LogP contribution in [-0.4, -0.2) is 34.5 Å². The number of aryl methyl sites for hydroxylation is 1. The molecular formula is C17H18N2O3. The SMILES string of the molecule is CCOC(=O)CN1Cc2ccc(C)n2-c2ccccc2C1=O. The predicted molar refractivity (Wildman–Crippen MR) is 81.9 cm³/mol. The first-order valence-electron chi connectivity index (χ1n) is 7.33. The average molecular weight is 298 g/mol. The molecule has 0 saturated carbocycles. The van der Waals surface area contributed by atoms with Crippen LogP contribution in [0.2, 0.25) is 0 Å². The second-order valence-electron chi connectivity index (χ2n) is 5.28. The predicted octanol–water partition coefficient (Wildman–Crippen LogP) is 2.30. The number of carbonyl (C=O) groups excluding carboxylic acids is 2. The third-order valence-corrected chi connectivity index (χ3v) is 3.80. The molecule has 0 aliphatic carbocycles. The molecule has 0 radical (unpaired) electrons. The molecule has 0 N–H and O–H groups in total. The van der Waals surface area contributed by atoms with Crippen molar-refractivity contribution in [2.45, 2.75) is 20.4 Å². The summed E-state index contributed by atoms with van der Waals surface area (Å²) >= 11 is 0. The van der Waals surface area contributed by atoms with Gasteiger partial charge < -0.3 is 14.2 Å². The summed E-state index contributed by atoms with van der Waals surface area (Å²) in [6, 6.07) is 11.5. The van der Waals surface area contributed by atoms with E-state index in [0.717, 1.165) is 17.1 Å². The number of rotatable bonds is 3. The molecule has 5 heteroatoms. The lowest BCUT2D eigenvalue weighted by Crippen LogP contribution is -2.35. The molecule has 3 rings (SSSR count). The summed E-state index contributed by atoms with van der Waals surface area (Å²) in [5.41, 5.74) is 3.51. The first-order valence-corrected chi connectivity index (χ1v) is 7.33. The van der Waals surface area contributed by atoms with Gasteiger partial charge in [0, 0.05) is 11.4 Å². The van der Waals surface area contributed by atoms with Crippen LogP contribution in [0.3, 0.4) is 0 Å². The van der Waals surface area contributed by atoms with Crippen LogP contribution in [0, 0.1) is 6.92 Å². The maximum atomic E-state index is 12.8. The Morgan fingerprint density at radius 2 is 2.00 bits per heavy atom. The van der Waals surface area contributed by atoms with E-state index in [0.29, 0.717) is 18.7 Å². The smallest absolute Gasteiger partial charge is 0.325 e. The standard InChI is InChI=1S/C17H18N2O3/c1-3-22-16(20)11-18-10-13-9-8-12(2)19(13)15-7-5-4-6-14(15)17(18)21/h4-9H,3,10-11H2,1-2H3. The fourth-order valence-electron chi connectivity index (χ4n) is 2.84. The molecule has 0 atom stereocenters. The molecule has 5 nitrogen and oxygen atoms in total. The van der Waals surface area contributed by atoms with Crippen molar-refractivity contribution in [1.29, 1.82) is 0 Å². The van der Waals surface area contributed by atoms with Crippen LogP contribution in [0.25, 0.3) is 5.69 Å². The zero-order valence-corrected chi connectivity index (χ0v) is 12.7. The lowest BCUT2D eigenvalue weighted by molar-refractivity contribution is -0.143. The van der Waals surface area contributed by atoms with E-state index in [1.807, 2.05) is 37.3 Å². The summed E-state index contributed by atoms with van der Waals surface area (Å²) in [6.45, 7) is 4.43. The van der Waals surface area contributed by atoms with Crippen molar-refractivity contribution in [3.63, 3.8) is 0 Å². The van der Waals surface area contributed by atoms with E-state index < -0.39 is 0 Å². The number of hydrogen-bond acceptors (Lipinski definition) is 3. The van der Waals surface area contributed by atoms with E-state index in [9.17, 15) is 9.59 Å². The van der Waals surface area contributed by atoms with Crippen LogP contribution in [0.1, 0.15) is 28.7 Å². The summed E-state index contributed by atoms with van der Waals surface area (Å²) in [4.78, 5) is 26.1. The van der Waals surface area contributed by atoms with Gasteiger partial charge in [0.15, 0.2) is 0 Å². The number of aromatic nitrogens is 1. The Morgan fingerprint density at radius 1 is 1.23 bits per heavy atom. The van der Waals surface area contributed by atoms with Crippen LogP contribution in [0.4, 0.5) is 0 Å². The number of esters is 1. The Hall–Kier alpha value is -2.56. The van der Waals surface area contributed by atoms with Crippen LogP contribution in [-0.2, 0) is 16.1 Å². The molecule has 1 aliphatic heterocycles. The van der Waals surface area contributed by atoms with Crippen LogP contribution >= 0.6 is 0 Å². The quantitative estimate of drug-likeness (QED) is 0.817. The highest BCUT2D eigenvalue weighted by molar-refractivity contribution is 5.99. The highest BCUT2D eigenvalue weighted by atomic mass is 16.5. The number of hydrogen-bond donors (Lipinski definition) is 0. The third-order valence-electron chi connectivity index (χ3n) is 3.80. The highest BCUT2D eigenvalue weighted by Crippen LogP contribution is 2.26. The molecule has 0 saturated heterocycles. The van der Waals surface area contributed by atoms with Gasteiger partial charge in [0.25, 0.3) is 5.91 Å². The van der Waals surface area contributed by atoms with Crippen molar-refractivity contribution < 1.29 is 14.3 Å². The summed E-state index contributed by atoms with van der Waals surface area (Å²) in [7, 11) is 0. The first kappa shape index (κ1) is 14.4. The van der Waals surface area contributed by atoms with Gasteiger partial charge in [0.1, 0.15) is 6.54 Å². The summed E-state index contributed by atoms with van der Waals surface area (Å²) in [6.07, 6.45) is 0. The van der Waals surface area contributed by atoms with Gasteiger partial charge in [0.2, 0.25) is 0 Å². The second kappa shape index (κ2) is 5.67. The van der Waals surface area contributed by atoms with Crippen LogP contribution in [0.5, 0.6) is 0 Å². The number of carbonyl (C=O) groups is 2. The molecule has 0 fully saturated rings. The van der Waals surface area contributed by atoms with Crippen molar-refractivity contribution in [3.05, 3.63) is 53.3 Å². The van der Waals surface area contributed by atoms with Crippen molar-refractivity contribution in [3.8, 4) is 5.69 Å². The maximum absolute atomic E-state index is 12.8. The topological polar surface area (TPSA) is 51.5 Å². The number of fused-ring (bicyclic) bond motifs is 3. The summed E-state index contributed by atoms with van der Waals surface area (Å²) in [5.74, 6) is -0.531. The van der Waals surface area contributed by atoms with E-state index in [-0.39, 0.29) is 18.4 Å². The largest absolute Gasteiger partial charge is 0.465 e. The number of amides is 1. The zero-order valence-electron chi connectivity index (χ0n) is 12.7. The Morgan fingerprint density at radius 3 is 2.77 bits per heavy atom. The van der Waals surface area contributed by atoms with Gasteiger partial charge in [-0.1, -0.05) is 12.1 Å². The molecule has 1 aromatic heterocycles. The average Bonchev–Trinajstić information content (AvgIpc) is 2.81. The molecule has 0 bridgehead atoms. The van der Waals surface area contributed by atoms with Crippen LogP contribution < -0.4 is 0 Å². The van der Waals surface area contributed by atoms with E-state index in [1.54, 1.807) is 13.0 Å². The lowest BCUT2D eigenvalue weighted by Gasteiger charge is -2.19. The van der Waals surface area contributed by atoms with Gasteiger partial charge in [0.05, 0.1) is 24.4 Å². The molecule has 1 aliphatic rings. The van der Waals surface area contributed by atoms with E-state index in [2.05, 4.69) is 4.57 Å². The zero-order chi connectivity index (χ0) is 15.7. The number of benzene rings is 1. The minimum absolute atomic E-state index is 0.0365. The normalized spacial score (nSPS) is 13.4. The fraction of sp³-hybridized carbons (Fsp3) is 0.294. The second-order valence-corrected chi connectivity index (χ2v) is 5.28. The van der Waals surface area contributed by atoms with Gasteiger partial charge in [-0.25, -0.2) is 0 Å². The minimum Gasteiger partial charge on any atom is -0.465 e.